The Labute approximate surface area is 94.8 Å². The van der Waals surface area contributed by atoms with Crippen LogP contribution in [-0.2, 0) is 0 Å². The van der Waals surface area contributed by atoms with Gasteiger partial charge in [-0.2, -0.15) is 0 Å². The van der Waals surface area contributed by atoms with Gasteiger partial charge in [-0.25, -0.2) is 0 Å². The molecule has 0 saturated heterocycles. The summed E-state index contributed by atoms with van der Waals surface area (Å²) in [6.07, 6.45) is 11.7. The monoisotopic (exact) mass is 209 g/mol. The molecule has 0 heterocycles. The van der Waals surface area contributed by atoms with Gasteiger partial charge in [-0.3, -0.25) is 0 Å². The van der Waals surface area contributed by atoms with Crippen LogP contribution >= 0.6 is 0 Å². The maximum absolute atomic E-state index is 6.13. The van der Waals surface area contributed by atoms with E-state index in [1.54, 1.807) is 0 Å². The second-order valence-corrected chi connectivity index (χ2v) is 6.68. The molecule has 0 aromatic carbocycles. The van der Waals surface area contributed by atoms with Crippen LogP contribution in [0.1, 0.15) is 65.2 Å². The Bertz CT molecular complexity index is 204. The average molecular weight is 209 g/mol. The summed E-state index contributed by atoms with van der Waals surface area (Å²) in [5.41, 5.74) is 6.18. The van der Waals surface area contributed by atoms with Gasteiger partial charge in [-0.1, -0.05) is 32.1 Å². The van der Waals surface area contributed by atoms with E-state index in [2.05, 4.69) is 13.8 Å². The zero-order valence-corrected chi connectivity index (χ0v) is 10.5. The van der Waals surface area contributed by atoms with Crippen molar-refractivity contribution in [3.63, 3.8) is 0 Å². The van der Waals surface area contributed by atoms with Gasteiger partial charge in [0.05, 0.1) is 0 Å². The maximum Gasteiger partial charge on any atom is 0.00996 e. The van der Waals surface area contributed by atoms with Gasteiger partial charge >= 0.3 is 0 Å². The molecule has 0 aromatic heterocycles. The van der Waals surface area contributed by atoms with Crippen LogP contribution in [0.5, 0.6) is 0 Å². The summed E-state index contributed by atoms with van der Waals surface area (Å²) < 4.78 is 0. The van der Waals surface area contributed by atoms with Gasteiger partial charge in [0.25, 0.3) is 0 Å². The van der Waals surface area contributed by atoms with E-state index in [0.29, 0.717) is 0 Å². The van der Waals surface area contributed by atoms with Crippen LogP contribution in [-0.4, -0.2) is 5.54 Å². The Balaban J connectivity index is 1.85. The zero-order valence-electron chi connectivity index (χ0n) is 10.5. The van der Waals surface area contributed by atoms with Crippen LogP contribution in [0.2, 0.25) is 0 Å². The highest BCUT2D eigenvalue weighted by atomic mass is 14.7. The first-order valence-electron chi connectivity index (χ1n) is 6.83. The molecule has 0 spiro atoms. The van der Waals surface area contributed by atoms with E-state index in [0.717, 1.165) is 17.8 Å². The number of rotatable bonds is 2. The highest BCUT2D eigenvalue weighted by molar-refractivity contribution is 4.86. The number of fused-ring (bicyclic) bond motifs is 1. The average Bonchev–Trinajstić information content (AvgIpc) is 2.15. The first-order valence-corrected chi connectivity index (χ1v) is 6.83. The quantitative estimate of drug-likeness (QED) is 0.737. The molecule has 0 amide bonds. The van der Waals surface area contributed by atoms with Gasteiger partial charge in [0.15, 0.2) is 0 Å². The lowest BCUT2D eigenvalue weighted by molar-refractivity contribution is 0.116. The lowest BCUT2D eigenvalue weighted by atomic mass is 9.66. The summed E-state index contributed by atoms with van der Waals surface area (Å²) >= 11 is 0. The van der Waals surface area contributed by atoms with Gasteiger partial charge in [-0.05, 0) is 50.9 Å². The van der Waals surface area contributed by atoms with Gasteiger partial charge in [-0.15, -0.1) is 0 Å². The SMILES string of the molecule is CC(C)(N)CC1CCC2CCCCC2C1. The van der Waals surface area contributed by atoms with E-state index in [1.807, 2.05) is 0 Å². The summed E-state index contributed by atoms with van der Waals surface area (Å²) in [5, 5.41) is 0. The Morgan fingerprint density at radius 2 is 1.67 bits per heavy atom. The molecule has 88 valence electrons. The van der Waals surface area contributed by atoms with Crippen molar-refractivity contribution in [2.45, 2.75) is 70.8 Å². The van der Waals surface area contributed by atoms with Gasteiger partial charge in [0, 0.05) is 5.54 Å². The minimum atomic E-state index is 0.0478. The fourth-order valence-corrected chi connectivity index (χ4v) is 3.90. The molecule has 2 rings (SSSR count). The predicted octanol–water partition coefficient (Wildman–Crippen LogP) is 3.72. The van der Waals surface area contributed by atoms with Crippen molar-refractivity contribution in [3.8, 4) is 0 Å². The van der Waals surface area contributed by atoms with Crippen LogP contribution in [0.3, 0.4) is 0 Å². The molecule has 2 aliphatic carbocycles. The molecular formula is C14H27N. The van der Waals surface area contributed by atoms with Crippen molar-refractivity contribution in [3.05, 3.63) is 0 Å². The normalized spacial score (nSPS) is 37.4. The van der Waals surface area contributed by atoms with E-state index in [1.165, 1.54) is 51.4 Å². The number of hydrogen-bond donors (Lipinski definition) is 1. The summed E-state index contributed by atoms with van der Waals surface area (Å²) in [6.45, 7) is 4.36. The fourth-order valence-electron chi connectivity index (χ4n) is 3.90. The lowest BCUT2D eigenvalue weighted by Crippen LogP contribution is -2.37. The van der Waals surface area contributed by atoms with Crippen molar-refractivity contribution < 1.29 is 0 Å². The van der Waals surface area contributed by atoms with E-state index in [-0.39, 0.29) is 5.54 Å². The molecule has 0 radical (unpaired) electrons. The Morgan fingerprint density at radius 1 is 1.00 bits per heavy atom. The molecule has 2 saturated carbocycles. The summed E-state index contributed by atoms with van der Waals surface area (Å²) in [4.78, 5) is 0. The summed E-state index contributed by atoms with van der Waals surface area (Å²) in [6, 6.07) is 0. The second-order valence-electron chi connectivity index (χ2n) is 6.68. The Morgan fingerprint density at radius 3 is 2.33 bits per heavy atom. The van der Waals surface area contributed by atoms with Gasteiger partial charge in [0.1, 0.15) is 0 Å². The fraction of sp³-hybridized carbons (Fsp3) is 1.00. The van der Waals surface area contributed by atoms with Crippen LogP contribution < -0.4 is 5.73 Å². The highest BCUT2D eigenvalue weighted by Gasteiger charge is 2.33. The third kappa shape index (κ3) is 3.21. The predicted molar refractivity (Wildman–Crippen MR) is 65.7 cm³/mol. The van der Waals surface area contributed by atoms with Crippen LogP contribution in [0, 0.1) is 17.8 Å². The minimum absolute atomic E-state index is 0.0478. The number of hydrogen-bond acceptors (Lipinski definition) is 1. The summed E-state index contributed by atoms with van der Waals surface area (Å²) in [7, 11) is 0. The van der Waals surface area contributed by atoms with Crippen molar-refractivity contribution in [1.82, 2.24) is 0 Å². The third-order valence-corrected chi connectivity index (χ3v) is 4.46. The maximum atomic E-state index is 6.13. The van der Waals surface area contributed by atoms with Crippen molar-refractivity contribution in [2.24, 2.45) is 23.5 Å². The van der Waals surface area contributed by atoms with Gasteiger partial charge in [0.2, 0.25) is 0 Å². The largest absolute Gasteiger partial charge is 0.326 e. The zero-order chi connectivity index (χ0) is 10.9. The molecular weight excluding hydrogens is 182 g/mol. The van der Waals surface area contributed by atoms with Crippen molar-refractivity contribution >= 4 is 0 Å². The molecule has 0 aromatic rings. The van der Waals surface area contributed by atoms with Crippen LogP contribution in [0.4, 0.5) is 0 Å². The standard InChI is InChI=1S/C14H27N/c1-14(2,15)10-11-7-8-12-5-3-4-6-13(12)9-11/h11-13H,3-10,15H2,1-2H3. The smallest absolute Gasteiger partial charge is 0.00996 e. The van der Waals surface area contributed by atoms with E-state index >= 15 is 0 Å². The Kier molecular flexibility index (Phi) is 3.39. The first kappa shape index (κ1) is 11.4. The van der Waals surface area contributed by atoms with Crippen LogP contribution in [0.25, 0.3) is 0 Å². The van der Waals surface area contributed by atoms with Crippen molar-refractivity contribution in [2.75, 3.05) is 0 Å². The van der Waals surface area contributed by atoms with Crippen molar-refractivity contribution in [1.29, 1.82) is 0 Å². The molecule has 3 unspecified atom stereocenters. The molecule has 3 atom stereocenters. The lowest BCUT2D eigenvalue weighted by Gasteiger charge is -2.41. The molecule has 1 heteroatoms. The minimum Gasteiger partial charge on any atom is -0.326 e. The van der Waals surface area contributed by atoms with Gasteiger partial charge < -0.3 is 5.73 Å². The van der Waals surface area contributed by atoms with E-state index in [4.69, 9.17) is 5.73 Å². The topological polar surface area (TPSA) is 26.0 Å². The summed E-state index contributed by atoms with van der Waals surface area (Å²) in [5.74, 6) is 3.06. The molecule has 2 fully saturated rings. The molecule has 2 N–H and O–H groups in total. The molecule has 15 heavy (non-hydrogen) atoms. The molecule has 2 aliphatic rings. The van der Waals surface area contributed by atoms with Crippen LogP contribution in [0.15, 0.2) is 0 Å². The molecule has 0 aliphatic heterocycles. The van der Waals surface area contributed by atoms with E-state index in [9.17, 15) is 0 Å². The third-order valence-electron chi connectivity index (χ3n) is 4.46. The number of nitrogens with two attached hydrogens (primary N) is 1. The first-order chi connectivity index (χ1) is 7.04. The molecule has 0 bridgehead atoms. The molecule has 1 nitrogen and oxygen atoms in total. The Hall–Kier alpha value is -0.0400. The van der Waals surface area contributed by atoms with E-state index < -0.39 is 0 Å². The second kappa shape index (κ2) is 4.45. The highest BCUT2D eigenvalue weighted by Crippen LogP contribution is 2.44.